The molecule has 0 radical (unpaired) electrons. The number of hydrogen-bond donors (Lipinski definition) is 0. The number of fused-ring (bicyclic) bond motifs is 1. The molecule has 0 saturated heterocycles. The standard InChI is InChI=1S/C9H3BrCl3N/c10-7-8(12)5-3-4(11)1-2-6(5)14-9(7)13/h1-3H. The van der Waals surface area contributed by atoms with Crippen molar-refractivity contribution in [1.82, 2.24) is 4.98 Å². The molecule has 0 unspecified atom stereocenters. The first-order chi connectivity index (χ1) is 6.59. The van der Waals surface area contributed by atoms with Crippen molar-refractivity contribution in [3.05, 3.63) is 37.9 Å². The van der Waals surface area contributed by atoms with Crippen LogP contribution in [-0.2, 0) is 0 Å². The van der Waals surface area contributed by atoms with Gasteiger partial charge in [0.15, 0.2) is 0 Å². The summed E-state index contributed by atoms with van der Waals surface area (Å²) in [6.45, 7) is 0. The largest absolute Gasteiger partial charge is 0.235 e. The summed E-state index contributed by atoms with van der Waals surface area (Å²) in [5.41, 5.74) is 0.729. The van der Waals surface area contributed by atoms with Gasteiger partial charge in [0, 0.05) is 10.4 Å². The predicted molar refractivity (Wildman–Crippen MR) is 64.5 cm³/mol. The molecule has 0 fully saturated rings. The summed E-state index contributed by atoms with van der Waals surface area (Å²) in [6.07, 6.45) is 0. The molecule has 0 aliphatic heterocycles. The van der Waals surface area contributed by atoms with Gasteiger partial charge < -0.3 is 0 Å². The number of hydrogen-bond acceptors (Lipinski definition) is 1. The lowest BCUT2D eigenvalue weighted by Crippen LogP contribution is -1.84. The van der Waals surface area contributed by atoms with Gasteiger partial charge in [0.2, 0.25) is 0 Å². The van der Waals surface area contributed by atoms with Crippen molar-refractivity contribution in [2.75, 3.05) is 0 Å². The molecule has 0 aliphatic carbocycles. The van der Waals surface area contributed by atoms with Gasteiger partial charge in [-0.3, -0.25) is 0 Å². The number of aromatic nitrogens is 1. The van der Waals surface area contributed by atoms with Crippen molar-refractivity contribution in [2.45, 2.75) is 0 Å². The summed E-state index contributed by atoms with van der Waals surface area (Å²) >= 11 is 21.0. The fourth-order valence-electron chi connectivity index (χ4n) is 1.15. The highest BCUT2D eigenvalue weighted by molar-refractivity contribution is 9.10. The molecule has 0 amide bonds. The Morgan fingerprint density at radius 1 is 1.14 bits per heavy atom. The van der Waals surface area contributed by atoms with Gasteiger partial charge in [0.05, 0.1) is 15.0 Å². The van der Waals surface area contributed by atoms with Gasteiger partial charge in [0.25, 0.3) is 0 Å². The number of halogens is 4. The second-order valence-corrected chi connectivity index (χ2v) is 4.66. The van der Waals surface area contributed by atoms with Crippen LogP contribution in [0.4, 0.5) is 0 Å². The fraction of sp³-hybridized carbons (Fsp3) is 0. The van der Waals surface area contributed by atoms with Crippen LogP contribution in [0.15, 0.2) is 22.7 Å². The third-order valence-corrected chi connectivity index (χ3v) is 3.92. The van der Waals surface area contributed by atoms with E-state index in [2.05, 4.69) is 20.9 Å². The number of rotatable bonds is 0. The third-order valence-electron chi connectivity index (χ3n) is 1.79. The first kappa shape index (κ1) is 10.5. The molecule has 0 spiro atoms. The van der Waals surface area contributed by atoms with Crippen LogP contribution in [0, 0.1) is 0 Å². The zero-order valence-corrected chi connectivity index (χ0v) is 10.5. The summed E-state index contributed by atoms with van der Waals surface area (Å²) in [7, 11) is 0. The van der Waals surface area contributed by atoms with Crippen LogP contribution in [0.5, 0.6) is 0 Å². The lowest BCUT2D eigenvalue weighted by atomic mass is 10.2. The quantitative estimate of drug-likeness (QED) is 0.627. The minimum atomic E-state index is 0.352. The van der Waals surface area contributed by atoms with Crippen LogP contribution >= 0.6 is 50.7 Å². The van der Waals surface area contributed by atoms with Crippen LogP contribution in [-0.4, -0.2) is 4.98 Å². The first-order valence-electron chi connectivity index (χ1n) is 3.69. The monoisotopic (exact) mass is 309 g/mol. The van der Waals surface area contributed by atoms with E-state index < -0.39 is 0 Å². The molecule has 1 aromatic carbocycles. The average Bonchev–Trinajstić information content (AvgIpc) is 2.16. The highest BCUT2D eigenvalue weighted by Crippen LogP contribution is 2.35. The van der Waals surface area contributed by atoms with Crippen molar-refractivity contribution in [1.29, 1.82) is 0 Å². The van der Waals surface area contributed by atoms with Crippen molar-refractivity contribution in [2.24, 2.45) is 0 Å². The molecular weight excluding hydrogens is 308 g/mol. The van der Waals surface area contributed by atoms with Crippen molar-refractivity contribution >= 4 is 61.6 Å². The summed E-state index contributed by atoms with van der Waals surface area (Å²) in [5, 5.41) is 2.29. The van der Waals surface area contributed by atoms with Crippen LogP contribution < -0.4 is 0 Å². The van der Waals surface area contributed by atoms with Crippen molar-refractivity contribution < 1.29 is 0 Å². The van der Waals surface area contributed by atoms with Crippen LogP contribution in [0.3, 0.4) is 0 Å². The number of benzene rings is 1. The highest BCUT2D eigenvalue weighted by atomic mass is 79.9. The zero-order valence-electron chi connectivity index (χ0n) is 6.69. The van der Waals surface area contributed by atoms with Crippen LogP contribution in [0.2, 0.25) is 15.2 Å². The summed E-state index contributed by atoms with van der Waals surface area (Å²) in [6, 6.07) is 5.28. The second-order valence-electron chi connectivity index (χ2n) is 2.69. The molecule has 1 aromatic heterocycles. The Morgan fingerprint density at radius 2 is 1.86 bits per heavy atom. The molecule has 0 bridgehead atoms. The number of pyridine rings is 1. The van der Waals surface area contributed by atoms with Gasteiger partial charge in [-0.05, 0) is 34.1 Å². The van der Waals surface area contributed by atoms with Gasteiger partial charge >= 0.3 is 0 Å². The molecule has 0 aliphatic rings. The maximum Gasteiger partial charge on any atom is 0.145 e. The van der Waals surface area contributed by atoms with Crippen molar-refractivity contribution in [3.8, 4) is 0 Å². The van der Waals surface area contributed by atoms with Crippen LogP contribution in [0.1, 0.15) is 0 Å². The van der Waals surface area contributed by atoms with Gasteiger partial charge in [-0.2, -0.15) is 0 Å². The molecule has 0 saturated carbocycles. The molecule has 0 N–H and O–H groups in total. The van der Waals surface area contributed by atoms with E-state index in [4.69, 9.17) is 34.8 Å². The van der Waals surface area contributed by atoms with E-state index in [1.807, 2.05) is 0 Å². The maximum absolute atomic E-state index is 6.07. The minimum absolute atomic E-state index is 0.352. The van der Waals surface area contributed by atoms with E-state index in [9.17, 15) is 0 Å². The lowest BCUT2D eigenvalue weighted by molar-refractivity contribution is 1.39. The van der Waals surface area contributed by atoms with E-state index in [-0.39, 0.29) is 0 Å². The van der Waals surface area contributed by atoms with E-state index in [0.29, 0.717) is 19.7 Å². The lowest BCUT2D eigenvalue weighted by Gasteiger charge is -2.04. The maximum atomic E-state index is 6.07. The molecular formula is C9H3BrCl3N. The third kappa shape index (κ3) is 1.72. The molecule has 5 heteroatoms. The van der Waals surface area contributed by atoms with Crippen LogP contribution in [0.25, 0.3) is 10.9 Å². The summed E-state index contributed by atoms with van der Waals surface area (Å²) in [5.74, 6) is 0. The summed E-state index contributed by atoms with van der Waals surface area (Å²) in [4.78, 5) is 4.15. The molecule has 72 valence electrons. The van der Waals surface area contributed by atoms with Gasteiger partial charge in [-0.1, -0.05) is 34.8 Å². The Hall–Kier alpha value is -0.0200. The smallest absolute Gasteiger partial charge is 0.145 e. The molecule has 14 heavy (non-hydrogen) atoms. The van der Waals surface area contributed by atoms with Gasteiger partial charge in [-0.15, -0.1) is 0 Å². The Labute approximate surface area is 104 Å². The minimum Gasteiger partial charge on any atom is -0.235 e. The Balaban J connectivity index is 2.92. The topological polar surface area (TPSA) is 12.9 Å². The first-order valence-corrected chi connectivity index (χ1v) is 5.62. The van der Waals surface area contributed by atoms with Gasteiger partial charge in [0.1, 0.15) is 5.15 Å². The van der Waals surface area contributed by atoms with Crippen molar-refractivity contribution in [3.63, 3.8) is 0 Å². The molecule has 1 nitrogen and oxygen atoms in total. The SMILES string of the molecule is Clc1ccc2nc(Cl)c(Br)c(Cl)c2c1. The summed E-state index contributed by atoms with van der Waals surface area (Å²) < 4.78 is 0.593. The van der Waals surface area contributed by atoms with Gasteiger partial charge in [-0.25, -0.2) is 4.98 Å². The molecule has 2 aromatic rings. The number of nitrogens with zero attached hydrogens (tertiary/aromatic N) is 1. The van der Waals surface area contributed by atoms with E-state index in [1.54, 1.807) is 18.2 Å². The molecule has 1 heterocycles. The molecule has 2 rings (SSSR count). The average molecular weight is 311 g/mol. The normalized spacial score (nSPS) is 10.9. The van der Waals surface area contributed by atoms with E-state index in [0.717, 1.165) is 10.9 Å². The highest BCUT2D eigenvalue weighted by Gasteiger charge is 2.09. The second kappa shape index (κ2) is 3.86. The Kier molecular flexibility index (Phi) is 2.89. The Bertz CT molecular complexity index is 513. The molecule has 0 atom stereocenters. The fourth-order valence-corrected chi connectivity index (χ4v) is 2.09. The predicted octanol–water partition coefficient (Wildman–Crippen LogP) is 4.96. The Morgan fingerprint density at radius 3 is 2.57 bits per heavy atom. The zero-order chi connectivity index (χ0) is 10.3. The van der Waals surface area contributed by atoms with E-state index in [1.165, 1.54) is 0 Å². The van der Waals surface area contributed by atoms with E-state index >= 15 is 0 Å².